The van der Waals surface area contributed by atoms with Crippen molar-refractivity contribution in [1.82, 2.24) is 4.90 Å². The van der Waals surface area contributed by atoms with Gasteiger partial charge in [-0.15, -0.1) is 0 Å². The van der Waals surface area contributed by atoms with Gasteiger partial charge in [-0.05, 0) is 49.4 Å². The van der Waals surface area contributed by atoms with Gasteiger partial charge in [0.2, 0.25) is 0 Å². The van der Waals surface area contributed by atoms with Crippen molar-refractivity contribution >= 4 is 5.69 Å². The fourth-order valence-corrected chi connectivity index (χ4v) is 3.53. The summed E-state index contributed by atoms with van der Waals surface area (Å²) in [5.41, 5.74) is 1.58. The minimum atomic E-state index is 0.270. The fourth-order valence-electron chi connectivity index (χ4n) is 3.53. The van der Waals surface area contributed by atoms with Crippen LogP contribution in [0, 0.1) is 11.3 Å². The Labute approximate surface area is 128 Å². The molecule has 2 heterocycles. The molecule has 2 aliphatic heterocycles. The van der Waals surface area contributed by atoms with Crippen molar-refractivity contribution in [2.45, 2.75) is 39.7 Å². The normalized spacial score (nSPS) is 24.0. The molecule has 0 aliphatic carbocycles. The molecule has 116 valence electrons. The molecule has 0 bridgehead atoms. The fraction of sp³-hybridized carbons (Fsp3) is 0.667. The molecule has 1 saturated heterocycles. The van der Waals surface area contributed by atoms with Gasteiger partial charge in [-0.3, -0.25) is 4.90 Å². The van der Waals surface area contributed by atoms with E-state index in [0.717, 1.165) is 30.4 Å². The van der Waals surface area contributed by atoms with Crippen molar-refractivity contribution in [3.63, 3.8) is 0 Å². The Bertz CT molecular complexity index is 472. The lowest BCUT2D eigenvalue weighted by atomic mass is 9.75. The Hall–Kier alpha value is -1.22. The van der Waals surface area contributed by atoms with Gasteiger partial charge in [0.05, 0.1) is 12.2 Å². The molecule has 3 rings (SSSR count). The predicted molar refractivity (Wildman–Crippen MR) is 88.0 cm³/mol. The molecule has 1 aromatic rings. The summed E-state index contributed by atoms with van der Waals surface area (Å²) in [6.07, 6.45) is 2.91. The summed E-state index contributed by atoms with van der Waals surface area (Å²) < 4.78 is 6.12. The number of rotatable bonds is 2. The van der Waals surface area contributed by atoms with Crippen LogP contribution in [0.1, 0.15) is 33.6 Å². The number of anilines is 1. The maximum absolute atomic E-state index is 6.12. The highest BCUT2D eigenvalue weighted by molar-refractivity contribution is 5.57. The van der Waals surface area contributed by atoms with Crippen LogP contribution in [-0.4, -0.2) is 37.2 Å². The minimum Gasteiger partial charge on any atom is -0.485 e. The molecule has 3 nitrogen and oxygen atoms in total. The molecule has 21 heavy (non-hydrogen) atoms. The molecule has 0 spiro atoms. The first-order chi connectivity index (χ1) is 10.0. The highest BCUT2D eigenvalue weighted by Crippen LogP contribution is 2.34. The van der Waals surface area contributed by atoms with E-state index >= 15 is 0 Å². The number of hydrogen-bond donors (Lipinski definition) is 1. The van der Waals surface area contributed by atoms with Gasteiger partial charge in [0.15, 0.2) is 0 Å². The summed E-state index contributed by atoms with van der Waals surface area (Å²) in [4.78, 5) is 2.57. The third-order valence-electron chi connectivity index (χ3n) is 4.98. The molecule has 0 saturated carbocycles. The number of likely N-dealkylation sites (tertiary alicyclic amines) is 1. The van der Waals surface area contributed by atoms with Crippen molar-refractivity contribution < 1.29 is 4.74 Å². The molecule has 2 aliphatic rings. The first-order valence-electron chi connectivity index (χ1n) is 8.24. The van der Waals surface area contributed by atoms with Crippen molar-refractivity contribution in [3.05, 3.63) is 24.3 Å². The van der Waals surface area contributed by atoms with E-state index in [-0.39, 0.29) is 6.10 Å². The zero-order valence-corrected chi connectivity index (χ0v) is 13.6. The van der Waals surface area contributed by atoms with E-state index < -0.39 is 0 Å². The van der Waals surface area contributed by atoms with Crippen molar-refractivity contribution in [2.24, 2.45) is 11.3 Å². The van der Waals surface area contributed by atoms with Gasteiger partial charge in [0, 0.05) is 6.54 Å². The SMILES string of the molecule is CC(C)(C)C1CCN(CC2CNc3ccccc3O2)CC1. The molecule has 0 radical (unpaired) electrons. The quantitative estimate of drug-likeness (QED) is 0.899. The largest absolute Gasteiger partial charge is 0.485 e. The summed E-state index contributed by atoms with van der Waals surface area (Å²) in [5.74, 6) is 1.86. The number of benzene rings is 1. The molecule has 0 amide bonds. The van der Waals surface area contributed by atoms with E-state index in [0.29, 0.717) is 5.41 Å². The Morgan fingerprint density at radius 2 is 1.90 bits per heavy atom. The summed E-state index contributed by atoms with van der Waals surface area (Å²) in [7, 11) is 0. The maximum Gasteiger partial charge on any atom is 0.142 e. The second-order valence-corrected chi connectivity index (χ2v) is 7.56. The Kier molecular flexibility index (Phi) is 4.12. The predicted octanol–water partition coefficient (Wildman–Crippen LogP) is 3.62. The first-order valence-corrected chi connectivity index (χ1v) is 8.24. The number of ether oxygens (including phenoxy) is 1. The topological polar surface area (TPSA) is 24.5 Å². The minimum absolute atomic E-state index is 0.270. The molecular formula is C18H28N2O. The maximum atomic E-state index is 6.12. The van der Waals surface area contributed by atoms with Gasteiger partial charge in [-0.25, -0.2) is 0 Å². The number of hydrogen-bond acceptors (Lipinski definition) is 3. The number of fused-ring (bicyclic) bond motifs is 1. The van der Waals surface area contributed by atoms with Crippen molar-refractivity contribution in [2.75, 3.05) is 31.5 Å². The van der Waals surface area contributed by atoms with Gasteiger partial charge in [0.25, 0.3) is 0 Å². The van der Waals surface area contributed by atoms with E-state index in [2.05, 4.69) is 43.1 Å². The van der Waals surface area contributed by atoms with Crippen LogP contribution < -0.4 is 10.1 Å². The van der Waals surface area contributed by atoms with Crippen LogP contribution in [0.25, 0.3) is 0 Å². The second kappa shape index (κ2) is 5.88. The highest BCUT2D eigenvalue weighted by atomic mass is 16.5. The molecule has 3 heteroatoms. The monoisotopic (exact) mass is 288 g/mol. The summed E-state index contributed by atoms with van der Waals surface area (Å²) >= 11 is 0. The van der Waals surface area contributed by atoms with Crippen LogP contribution in [-0.2, 0) is 0 Å². The van der Waals surface area contributed by atoms with E-state index in [1.165, 1.54) is 25.9 Å². The summed E-state index contributed by atoms with van der Waals surface area (Å²) in [5, 5.41) is 3.48. The van der Waals surface area contributed by atoms with Gasteiger partial charge in [-0.2, -0.15) is 0 Å². The number of para-hydroxylation sites is 2. The van der Waals surface area contributed by atoms with Crippen LogP contribution in [0.5, 0.6) is 5.75 Å². The third kappa shape index (κ3) is 3.52. The Morgan fingerprint density at radius 3 is 2.62 bits per heavy atom. The number of nitrogens with zero attached hydrogens (tertiary/aromatic N) is 1. The van der Waals surface area contributed by atoms with Crippen LogP contribution >= 0.6 is 0 Å². The lowest BCUT2D eigenvalue weighted by Gasteiger charge is -2.40. The summed E-state index contributed by atoms with van der Waals surface area (Å²) in [6.45, 7) is 11.5. The molecule has 1 atom stereocenters. The number of piperidine rings is 1. The van der Waals surface area contributed by atoms with Gasteiger partial charge in [-0.1, -0.05) is 32.9 Å². The molecule has 1 unspecified atom stereocenters. The molecule has 1 fully saturated rings. The Balaban J connectivity index is 1.51. The standard InChI is InChI=1S/C18H28N2O/c1-18(2,3)14-8-10-20(11-9-14)13-15-12-19-16-6-4-5-7-17(16)21-15/h4-7,14-15,19H,8-13H2,1-3H3. The van der Waals surface area contributed by atoms with E-state index in [4.69, 9.17) is 4.74 Å². The van der Waals surface area contributed by atoms with E-state index in [9.17, 15) is 0 Å². The molecule has 1 N–H and O–H groups in total. The lowest BCUT2D eigenvalue weighted by molar-refractivity contribution is 0.0768. The van der Waals surface area contributed by atoms with E-state index in [1.807, 2.05) is 12.1 Å². The van der Waals surface area contributed by atoms with Crippen LogP contribution in [0.2, 0.25) is 0 Å². The van der Waals surface area contributed by atoms with Crippen LogP contribution in [0.3, 0.4) is 0 Å². The first kappa shape index (κ1) is 14.7. The zero-order valence-electron chi connectivity index (χ0n) is 13.6. The smallest absolute Gasteiger partial charge is 0.142 e. The average Bonchev–Trinajstić information content (AvgIpc) is 2.47. The summed E-state index contributed by atoms with van der Waals surface area (Å²) in [6, 6.07) is 8.23. The molecule has 0 aromatic heterocycles. The second-order valence-electron chi connectivity index (χ2n) is 7.56. The van der Waals surface area contributed by atoms with Crippen molar-refractivity contribution in [1.29, 1.82) is 0 Å². The van der Waals surface area contributed by atoms with Crippen LogP contribution in [0.4, 0.5) is 5.69 Å². The highest BCUT2D eigenvalue weighted by Gasteiger charge is 2.30. The van der Waals surface area contributed by atoms with E-state index in [1.54, 1.807) is 0 Å². The molecule has 1 aromatic carbocycles. The lowest BCUT2D eigenvalue weighted by Crippen LogP contribution is -2.45. The third-order valence-corrected chi connectivity index (χ3v) is 4.98. The average molecular weight is 288 g/mol. The van der Waals surface area contributed by atoms with Crippen molar-refractivity contribution in [3.8, 4) is 5.75 Å². The van der Waals surface area contributed by atoms with Gasteiger partial charge >= 0.3 is 0 Å². The molecular weight excluding hydrogens is 260 g/mol. The van der Waals surface area contributed by atoms with Crippen LogP contribution in [0.15, 0.2) is 24.3 Å². The Morgan fingerprint density at radius 1 is 1.19 bits per heavy atom. The van der Waals surface area contributed by atoms with Gasteiger partial charge < -0.3 is 10.1 Å². The van der Waals surface area contributed by atoms with Gasteiger partial charge in [0.1, 0.15) is 11.9 Å². The number of nitrogens with one attached hydrogen (secondary N) is 1. The zero-order chi connectivity index (χ0) is 14.9.